The first-order valence-electron chi connectivity index (χ1n) is 5.32. The lowest BCUT2D eigenvalue weighted by Crippen LogP contribution is -1.98. The van der Waals surface area contributed by atoms with E-state index < -0.39 is 10.1 Å². The lowest BCUT2D eigenvalue weighted by molar-refractivity contribution is 0.463. The van der Waals surface area contributed by atoms with Crippen LogP contribution < -0.4 is 5.43 Å². The fraction of sp³-hybridized carbons (Fsp3) is 0. The molecule has 0 aliphatic rings. The van der Waals surface area contributed by atoms with Gasteiger partial charge in [-0.25, -0.2) is 8.42 Å². The standard InChI is InChI=1S/C12H11N3O3S/c16-19(17,18)12-6-4-10(5-7-12)15-14-9-11-3-1-2-8-13-11/h1-9,15H,(H,16,17,18)/p-1/b14-9+. The van der Waals surface area contributed by atoms with Crippen LogP contribution in [0.3, 0.4) is 0 Å². The minimum Gasteiger partial charge on any atom is -0.744 e. The highest BCUT2D eigenvalue weighted by atomic mass is 32.2. The zero-order valence-electron chi connectivity index (χ0n) is 9.72. The Labute approximate surface area is 110 Å². The summed E-state index contributed by atoms with van der Waals surface area (Å²) in [4.78, 5) is 3.77. The summed E-state index contributed by atoms with van der Waals surface area (Å²) in [6.07, 6.45) is 3.17. The van der Waals surface area contributed by atoms with Crippen molar-refractivity contribution in [2.24, 2.45) is 5.10 Å². The molecular formula is C12H10N3O3S-. The van der Waals surface area contributed by atoms with Gasteiger partial charge in [0.1, 0.15) is 10.1 Å². The van der Waals surface area contributed by atoms with Crippen LogP contribution in [0, 0.1) is 0 Å². The van der Waals surface area contributed by atoms with Gasteiger partial charge in [0.2, 0.25) is 0 Å². The number of rotatable bonds is 4. The van der Waals surface area contributed by atoms with Gasteiger partial charge < -0.3 is 4.55 Å². The number of hydrazone groups is 1. The summed E-state index contributed by atoms with van der Waals surface area (Å²) < 4.78 is 32.2. The monoisotopic (exact) mass is 276 g/mol. The third kappa shape index (κ3) is 3.87. The zero-order valence-corrected chi connectivity index (χ0v) is 10.5. The molecule has 1 aromatic carbocycles. The average Bonchev–Trinajstić information content (AvgIpc) is 2.39. The Morgan fingerprint density at radius 2 is 1.89 bits per heavy atom. The van der Waals surface area contributed by atoms with Crippen molar-refractivity contribution >= 4 is 22.0 Å². The van der Waals surface area contributed by atoms with Gasteiger partial charge in [-0.3, -0.25) is 10.4 Å². The van der Waals surface area contributed by atoms with Gasteiger partial charge >= 0.3 is 0 Å². The molecule has 0 unspecified atom stereocenters. The molecule has 1 aromatic heterocycles. The molecule has 2 rings (SSSR count). The Kier molecular flexibility index (Phi) is 3.88. The second kappa shape index (κ2) is 5.59. The van der Waals surface area contributed by atoms with Gasteiger partial charge in [-0.05, 0) is 36.4 Å². The maximum atomic E-state index is 10.7. The van der Waals surface area contributed by atoms with Crippen molar-refractivity contribution in [3.8, 4) is 0 Å². The van der Waals surface area contributed by atoms with Crippen LogP contribution in [-0.2, 0) is 10.1 Å². The Balaban J connectivity index is 2.03. The van der Waals surface area contributed by atoms with Crippen molar-refractivity contribution < 1.29 is 13.0 Å². The minimum atomic E-state index is -4.41. The van der Waals surface area contributed by atoms with Gasteiger partial charge in [-0.2, -0.15) is 5.10 Å². The van der Waals surface area contributed by atoms with Crippen LogP contribution in [0.2, 0.25) is 0 Å². The van der Waals surface area contributed by atoms with Crippen LogP contribution in [-0.4, -0.2) is 24.2 Å². The molecule has 1 N–H and O–H groups in total. The van der Waals surface area contributed by atoms with E-state index in [9.17, 15) is 13.0 Å². The highest BCUT2D eigenvalue weighted by molar-refractivity contribution is 7.85. The van der Waals surface area contributed by atoms with Crippen LogP contribution in [0.15, 0.2) is 58.7 Å². The molecule has 7 heteroatoms. The average molecular weight is 276 g/mol. The van der Waals surface area contributed by atoms with Crippen molar-refractivity contribution in [3.05, 3.63) is 54.4 Å². The summed E-state index contributed by atoms with van der Waals surface area (Å²) in [5.74, 6) is 0. The molecule has 0 saturated carbocycles. The van der Waals surface area contributed by atoms with E-state index in [1.54, 1.807) is 18.3 Å². The lowest BCUT2D eigenvalue weighted by Gasteiger charge is -2.07. The first kappa shape index (κ1) is 13.2. The van der Waals surface area contributed by atoms with E-state index in [0.29, 0.717) is 11.4 Å². The van der Waals surface area contributed by atoms with Crippen molar-refractivity contribution in [1.29, 1.82) is 0 Å². The maximum Gasteiger partial charge on any atom is 0.124 e. The highest BCUT2D eigenvalue weighted by Crippen LogP contribution is 2.13. The Hall–Kier alpha value is -2.25. The Morgan fingerprint density at radius 3 is 2.47 bits per heavy atom. The molecular weight excluding hydrogens is 266 g/mol. The molecule has 0 spiro atoms. The maximum absolute atomic E-state index is 10.7. The van der Waals surface area contributed by atoms with E-state index in [1.165, 1.54) is 30.5 Å². The molecule has 0 aliphatic heterocycles. The fourth-order valence-electron chi connectivity index (χ4n) is 1.32. The van der Waals surface area contributed by atoms with Crippen LogP contribution >= 0.6 is 0 Å². The summed E-state index contributed by atoms with van der Waals surface area (Å²) in [6.45, 7) is 0. The summed E-state index contributed by atoms with van der Waals surface area (Å²) in [5, 5.41) is 3.94. The van der Waals surface area contributed by atoms with Crippen LogP contribution in [0.25, 0.3) is 0 Å². The molecule has 2 aromatic rings. The number of pyridine rings is 1. The number of nitrogens with zero attached hydrogens (tertiary/aromatic N) is 2. The van der Waals surface area contributed by atoms with Crippen molar-refractivity contribution in [2.75, 3.05) is 5.43 Å². The molecule has 0 fully saturated rings. The topological polar surface area (TPSA) is 94.5 Å². The molecule has 0 bridgehead atoms. The molecule has 0 atom stereocenters. The van der Waals surface area contributed by atoms with Gasteiger partial charge in [0.05, 0.1) is 22.5 Å². The van der Waals surface area contributed by atoms with Gasteiger partial charge in [0.25, 0.3) is 0 Å². The SMILES string of the molecule is O=S(=O)([O-])c1ccc(N/N=C/c2ccccn2)cc1. The van der Waals surface area contributed by atoms with E-state index in [4.69, 9.17) is 0 Å². The molecule has 19 heavy (non-hydrogen) atoms. The van der Waals surface area contributed by atoms with Gasteiger partial charge in [-0.1, -0.05) is 6.07 Å². The predicted octanol–water partition coefficient (Wildman–Crippen LogP) is 1.43. The second-order valence-corrected chi connectivity index (χ2v) is 4.98. The summed E-state index contributed by atoms with van der Waals surface area (Å²) in [5.41, 5.74) is 3.96. The summed E-state index contributed by atoms with van der Waals surface area (Å²) in [7, 11) is -4.41. The molecule has 98 valence electrons. The zero-order chi connectivity index (χ0) is 13.7. The third-order valence-electron chi connectivity index (χ3n) is 2.22. The first-order chi connectivity index (χ1) is 9.05. The molecule has 0 amide bonds. The Bertz CT molecular complexity index is 667. The summed E-state index contributed by atoms with van der Waals surface area (Å²) in [6, 6.07) is 10.8. The van der Waals surface area contributed by atoms with Gasteiger partial charge in [0.15, 0.2) is 0 Å². The van der Waals surface area contributed by atoms with Crippen molar-refractivity contribution in [2.45, 2.75) is 4.90 Å². The second-order valence-electron chi connectivity index (χ2n) is 3.60. The minimum absolute atomic E-state index is 0.272. The van der Waals surface area contributed by atoms with Crippen LogP contribution in [0.5, 0.6) is 0 Å². The number of hydrogen-bond donors (Lipinski definition) is 1. The molecule has 0 radical (unpaired) electrons. The van der Waals surface area contributed by atoms with E-state index in [2.05, 4.69) is 15.5 Å². The van der Waals surface area contributed by atoms with Gasteiger partial charge in [-0.15, -0.1) is 0 Å². The lowest BCUT2D eigenvalue weighted by atomic mass is 10.3. The highest BCUT2D eigenvalue weighted by Gasteiger charge is 1.99. The molecule has 0 saturated heterocycles. The molecule has 6 nitrogen and oxygen atoms in total. The van der Waals surface area contributed by atoms with Gasteiger partial charge in [0, 0.05) is 6.20 Å². The number of nitrogens with one attached hydrogen (secondary N) is 1. The number of hydrogen-bond acceptors (Lipinski definition) is 6. The third-order valence-corrected chi connectivity index (χ3v) is 3.07. The number of anilines is 1. The number of aromatic nitrogens is 1. The normalized spacial score (nSPS) is 11.6. The predicted molar refractivity (Wildman–Crippen MR) is 69.9 cm³/mol. The van der Waals surface area contributed by atoms with Crippen molar-refractivity contribution in [1.82, 2.24) is 4.98 Å². The molecule has 0 aliphatic carbocycles. The number of benzene rings is 1. The van der Waals surface area contributed by atoms with Crippen LogP contribution in [0.1, 0.15) is 5.69 Å². The molecule has 1 heterocycles. The largest absolute Gasteiger partial charge is 0.744 e. The van der Waals surface area contributed by atoms with Crippen molar-refractivity contribution in [3.63, 3.8) is 0 Å². The van der Waals surface area contributed by atoms with E-state index in [-0.39, 0.29) is 4.90 Å². The summed E-state index contributed by atoms with van der Waals surface area (Å²) >= 11 is 0. The van der Waals surface area contributed by atoms with E-state index >= 15 is 0 Å². The smallest absolute Gasteiger partial charge is 0.124 e. The Morgan fingerprint density at radius 1 is 1.16 bits per heavy atom. The van der Waals surface area contributed by atoms with E-state index in [1.807, 2.05) is 6.07 Å². The first-order valence-corrected chi connectivity index (χ1v) is 6.72. The fourth-order valence-corrected chi connectivity index (χ4v) is 1.79. The quantitative estimate of drug-likeness (QED) is 0.518. The van der Waals surface area contributed by atoms with E-state index in [0.717, 1.165) is 0 Å². The van der Waals surface area contributed by atoms with Crippen LogP contribution in [0.4, 0.5) is 5.69 Å².